The number of carbonyl (C=O) groups excluding carboxylic acids is 2. The fourth-order valence-electron chi connectivity index (χ4n) is 4.25. The predicted octanol–water partition coefficient (Wildman–Crippen LogP) is 3.04. The van der Waals surface area contributed by atoms with Crippen molar-refractivity contribution in [3.05, 3.63) is 74.6 Å². The van der Waals surface area contributed by atoms with Crippen molar-refractivity contribution in [2.24, 2.45) is 0 Å². The average Bonchev–Trinajstić information content (AvgIpc) is 3.44. The summed E-state index contributed by atoms with van der Waals surface area (Å²) >= 11 is 1.28. The summed E-state index contributed by atoms with van der Waals surface area (Å²) in [6.07, 6.45) is 0. The Morgan fingerprint density at radius 3 is 2.19 bits per heavy atom. The van der Waals surface area contributed by atoms with Crippen molar-refractivity contribution in [1.82, 2.24) is 9.38 Å². The molecule has 8 nitrogen and oxygen atoms in total. The lowest BCUT2D eigenvalue weighted by molar-refractivity contribution is 0.0894. The summed E-state index contributed by atoms with van der Waals surface area (Å²) in [5, 5.41) is 22.6. The van der Waals surface area contributed by atoms with Crippen LogP contribution in [0.2, 0.25) is 0 Å². The van der Waals surface area contributed by atoms with E-state index in [1.54, 1.807) is 29.6 Å². The largest absolute Gasteiger partial charge is 0.268 e. The summed E-state index contributed by atoms with van der Waals surface area (Å²) in [5.74, 6) is -0.944. The molecule has 0 aliphatic carbocycles. The Balaban J connectivity index is 1.81. The lowest BCUT2D eigenvalue weighted by Crippen LogP contribution is -2.40. The number of benzene rings is 2. The maximum absolute atomic E-state index is 13.2. The highest BCUT2D eigenvalue weighted by atomic mass is 32.1. The highest BCUT2D eigenvalue weighted by molar-refractivity contribution is 7.14. The standard InChI is InChI=1S/C22H7N5O3S/c23-8-14-15(9-24)26-19(25-14)10-3-4-12-18-13(6-5-11(17(10)18)20(26)28)22(30)27(21(12)29)16-2-1-7-31-16/h1-7H. The van der Waals surface area contributed by atoms with Gasteiger partial charge in [-0.05, 0) is 41.8 Å². The van der Waals surface area contributed by atoms with Crippen molar-refractivity contribution < 1.29 is 9.59 Å². The summed E-state index contributed by atoms with van der Waals surface area (Å²) in [6, 6.07) is 13.4. The van der Waals surface area contributed by atoms with E-state index in [-0.39, 0.29) is 22.4 Å². The Morgan fingerprint density at radius 2 is 1.58 bits per heavy atom. The van der Waals surface area contributed by atoms with E-state index in [4.69, 9.17) is 0 Å². The maximum Gasteiger partial charge on any atom is 0.266 e. The van der Waals surface area contributed by atoms with Crippen molar-refractivity contribution in [3.8, 4) is 12.1 Å². The van der Waals surface area contributed by atoms with Crippen LogP contribution in [-0.4, -0.2) is 21.2 Å². The number of fused-ring (bicyclic) bond motifs is 2. The highest BCUT2D eigenvalue weighted by Crippen LogP contribution is 2.39. The molecule has 9 heteroatoms. The molecule has 6 rings (SSSR count). The van der Waals surface area contributed by atoms with Crippen LogP contribution in [0.15, 0.2) is 46.6 Å². The smallest absolute Gasteiger partial charge is 0.266 e. The van der Waals surface area contributed by atoms with Gasteiger partial charge < -0.3 is 0 Å². The van der Waals surface area contributed by atoms with E-state index in [9.17, 15) is 24.9 Å². The molecule has 2 amide bonds. The molecule has 0 saturated carbocycles. The van der Waals surface area contributed by atoms with Crippen LogP contribution in [0.25, 0.3) is 27.2 Å². The summed E-state index contributed by atoms with van der Waals surface area (Å²) in [5.41, 5.74) is -0.0705. The first kappa shape index (κ1) is 17.3. The molecule has 2 aromatic carbocycles. The van der Waals surface area contributed by atoms with Gasteiger partial charge in [0.1, 0.15) is 22.8 Å². The molecule has 0 spiro atoms. The topological polar surface area (TPSA) is 119 Å². The molecule has 0 fully saturated rings. The number of amides is 2. The average molecular weight is 421 g/mol. The zero-order valence-corrected chi connectivity index (χ0v) is 16.2. The number of carbonyl (C=O) groups is 2. The molecule has 1 aliphatic rings. The van der Waals surface area contributed by atoms with E-state index in [2.05, 4.69) is 4.98 Å². The van der Waals surface area contributed by atoms with Gasteiger partial charge in [0.25, 0.3) is 17.4 Å². The number of anilines is 1. The Morgan fingerprint density at radius 1 is 0.871 bits per heavy atom. The number of hydrogen-bond donors (Lipinski definition) is 0. The second-order valence-corrected chi connectivity index (χ2v) is 7.89. The van der Waals surface area contributed by atoms with Crippen LogP contribution in [0.1, 0.15) is 32.1 Å². The number of pyridine rings is 1. The molecule has 0 N–H and O–H groups in total. The van der Waals surface area contributed by atoms with Gasteiger partial charge in [-0.1, -0.05) is 0 Å². The Kier molecular flexibility index (Phi) is 3.19. The number of thiophene rings is 1. The van der Waals surface area contributed by atoms with Crippen molar-refractivity contribution in [2.45, 2.75) is 0 Å². The fraction of sp³-hybridized carbons (Fsp3) is 0. The van der Waals surface area contributed by atoms with E-state index in [1.165, 1.54) is 23.5 Å². The first-order valence-corrected chi connectivity index (χ1v) is 9.94. The third-order valence-electron chi connectivity index (χ3n) is 5.52. The first-order chi connectivity index (χ1) is 15.1. The lowest BCUT2D eigenvalue weighted by Gasteiger charge is -2.26. The Hall–Kier alpha value is -4.60. The first-order valence-electron chi connectivity index (χ1n) is 9.06. The van der Waals surface area contributed by atoms with Gasteiger partial charge in [-0.25, -0.2) is 14.3 Å². The SMILES string of the molecule is N#Cc1nc2c3ccc4c5c(ccc(c(=O)n2c1C#N)c53)C(=O)N(c1cccs1)C4=O. The van der Waals surface area contributed by atoms with Crippen molar-refractivity contribution in [3.63, 3.8) is 0 Å². The third-order valence-corrected chi connectivity index (χ3v) is 6.37. The predicted molar refractivity (Wildman–Crippen MR) is 113 cm³/mol. The number of hydrogen-bond acceptors (Lipinski definition) is 7. The molecule has 0 radical (unpaired) electrons. The molecule has 3 aromatic heterocycles. The number of imide groups is 1. The van der Waals surface area contributed by atoms with Gasteiger partial charge >= 0.3 is 0 Å². The van der Waals surface area contributed by atoms with E-state index in [0.717, 1.165) is 9.30 Å². The van der Waals surface area contributed by atoms with Crippen LogP contribution in [0, 0.1) is 22.7 Å². The molecular formula is C22H7N5O3S. The summed E-state index contributed by atoms with van der Waals surface area (Å²) in [6.45, 7) is 0. The second-order valence-electron chi connectivity index (χ2n) is 6.97. The van der Waals surface area contributed by atoms with Crippen LogP contribution in [0.4, 0.5) is 5.00 Å². The minimum atomic E-state index is -0.530. The van der Waals surface area contributed by atoms with Gasteiger partial charge in [-0.15, -0.1) is 11.3 Å². The molecule has 0 atom stereocenters. The number of nitrogens with zero attached hydrogens (tertiary/aromatic N) is 5. The molecule has 31 heavy (non-hydrogen) atoms. The number of nitriles is 2. The fourth-order valence-corrected chi connectivity index (χ4v) is 4.97. The van der Waals surface area contributed by atoms with Crippen LogP contribution >= 0.6 is 11.3 Å². The van der Waals surface area contributed by atoms with Gasteiger partial charge in [-0.2, -0.15) is 10.5 Å². The Bertz CT molecular complexity index is 1750. The molecule has 144 valence electrons. The van der Waals surface area contributed by atoms with E-state index < -0.39 is 17.4 Å². The molecule has 0 bridgehead atoms. The third kappa shape index (κ3) is 1.95. The van der Waals surface area contributed by atoms with Gasteiger partial charge in [0, 0.05) is 32.7 Å². The highest BCUT2D eigenvalue weighted by Gasteiger charge is 2.36. The van der Waals surface area contributed by atoms with Gasteiger partial charge in [0.2, 0.25) is 0 Å². The molecular weight excluding hydrogens is 414 g/mol. The van der Waals surface area contributed by atoms with Crippen molar-refractivity contribution >= 4 is 55.3 Å². The van der Waals surface area contributed by atoms with Gasteiger partial charge in [0.15, 0.2) is 11.4 Å². The molecule has 0 unspecified atom stereocenters. The van der Waals surface area contributed by atoms with Gasteiger partial charge in [-0.3, -0.25) is 14.4 Å². The monoisotopic (exact) mass is 421 g/mol. The zero-order chi connectivity index (χ0) is 21.4. The number of aromatic nitrogens is 2. The van der Waals surface area contributed by atoms with E-state index >= 15 is 0 Å². The second kappa shape index (κ2) is 5.72. The molecule has 1 aliphatic heterocycles. The van der Waals surface area contributed by atoms with Crippen LogP contribution in [0.3, 0.4) is 0 Å². The van der Waals surface area contributed by atoms with Gasteiger partial charge in [0.05, 0.1) is 0 Å². The lowest BCUT2D eigenvalue weighted by atomic mass is 9.90. The number of imidazole rings is 1. The van der Waals surface area contributed by atoms with E-state index in [1.807, 2.05) is 12.1 Å². The minimum Gasteiger partial charge on any atom is -0.268 e. The zero-order valence-electron chi connectivity index (χ0n) is 15.4. The van der Waals surface area contributed by atoms with Crippen LogP contribution in [0.5, 0.6) is 0 Å². The van der Waals surface area contributed by atoms with Crippen molar-refractivity contribution in [1.29, 1.82) is 10.5 Å². The minimum absolute atomic E-state index is 0.141. The normalized spacial score (nSPS) is 13.3. The summed E-state index contributed by atoms with van der Waals surface area (Å²) < 4.78 is 1.11. The summed E-state index contributed by atoms with van der Waals surface area (Å²) in [4.78, 5) is 45.0. The van der Waals surface area contributed by atoms with Crippen LogP contribution < -0.4 is 10.5 Å². The molecule has 4 heterocycles. The van der Waals surface area contributed by atoms with Crippen molar-refractivity contribution in [2.75, 3.05) is 4.90 Å². The van der Waals surface area contributed by atoms with E-state index in [0.29, 0.717) is 32.3 Å². The number of rotatable bonds is 1. The summed E-state index contributed by atoms with van der Waals surface area (Å²) in [7, 11) is 0. The molecule has 5 aromatic rings. The Labute approximate surface area is 176 Å². The quantitative estimate of drug-likeness (QED) is 0.384. The maximum atomic E-state index is 13.2. The van der Waals surface area contributed by atoms with Crippen LogP contribution in [-0.2, 0) is 0 Å². The molecule has 0 saturated heterocycles.